The molecule has 0 spiro atoms. The molecule has 378 valence electrons. The van der Waals surface area contributed by atoms with E-state index in [9.17, 15) is 40.5 Å². The second-order valence-electron chi connectivity index (χ2n) is 16.9. The lowest BCUT2D eigenvalue weighted by Gasteiger charge is -2.42. The Morgan fingerprint density at radius 1 is 0.515 bits per heavy atom. The third-order valence-corrected chi connectivity index (χ3v) is 11.2. The summed E-state index contributed by atoms with van der Waals surface area (Å²) in [6, 6.07) is 0. The quantitative estimate of drug-likeness (QED) is 0.0192. The number of carbonyl (C=O) groups excluding carboxylic acids is 1. The fraction of sp³-hybridized carbons (Fsp3) is 0.712. The summed E-state index contributed by atoms with van der Waals surface area (Å²) in [5, 5.41) is 72.0. The van der Waals surface area contributed by atoms with Crippen molar-refractivity contribution >= 4 is 5.97 Å². The number of allylic oxidation sites excluding steroid dienone is 14. The largest absolute Gasteiger partial charge is 0.457 e. The van der Waals surface area contributed by atoms with Crippen molar-refractivity contribution in [3.8, 4) is 0 Å². The van der Waals surface area contributed by atoms with Gasteiger partial charge in [-0.25, -0.2) is 0 Å². The Morgan fingerprint density at radius 2 is 0.985 bits per heavy atom. The molecule has 2 heterocycles. The third-order valence-electron chi connectivity index (χ3n) is 11.2. The first-order valence-corrected chi connectivity index (χ1v) is 24.7. The van der Waals surface area contributed by atoms with Gasteiger partial charge in [0.25, 0.3) is 0 Å². The predicted octanol–water partition coefficient (Wildman–Crippen LogP) is 6.90. The molecule has 11 unspecified atom stereocenters. The summed E-state index contributed by atoms with van der Waals surface area (Å²) in [4.78, 5) is 13.0. The van der Waals surface area contributed by atoms with Crippen LogP contribution in [0.3, 0.4) is 0 Å². The second-order valence-corrected chi connectivity index (χ2v) is 16.9. The van der Waals surface area contributed by atoms with Gasteiger partial charge in [0.1, 0.15) is 54.9 Å². The molecule has 0 aromatic carbocycles. The molecule has 11 atom stereocenters. The fourth-order valence-electron chi connectivity index (χ4n) is 7.13. The van der Waals surface area contributed by atoms with Gasteiger partial charge in [-0.3, -0.25) is 4.79 Å². The van der Waals surface area contributed by atoms with Gasteiger partial charge < -0.3 is 64.2 Å². The lowest BCUT2D eigenvalue weighted by molar-refractivity contribution is -0.332. The molecule has 0 amide bonds. The van der Waals surface area contributed by atoms with Gasteiger partial charge >= 0.3 is 5.97 Å². The van der Waals surface area contributed by atoms with Crippen LogP contribution in [0.25, 0.3) is 0 Å². The molecule has 0 aromatic heterocycles. The monoisotopic (exact) mass is 935 g/mol. The van der Waals surface area contributed by atoms with Gasteiger partial charge in [-0.1, -0.05) is 137 Å². The molecular formula is C52H86O14. The molecular weight excluding hydrogens is 849 g/mol. The Kier molecular flexibility index (Phi) is 35.1. The van der Waals surface area contributed by atoms with Gasteiger partial charge in [-0.15, -0.1) is 0 Å². The highest BCUT2D eigenvalue weighted by molar-refractivity contribution is 5.69. The molecule has 14 nitrogen and oxygen atoms in total. The maximum absolute atomic E-state index is 13.0. The molecule has 0 aromatic rings. The summed E-state index contributed by atoms with van der Waals surface area (Å²) in [7, 11) is 0. The summed E-state index contributed by atoms with van der Waals surface area (Å²) >= 11 is 0. The molecule has 2 saturated heterocycles. The van der Waals surface area contributed by atoms with Crippen LogP contribution in [0.1, 0.15) is 136 Å². The highest BCUT2D eigenvalue weighted by Gasteiger charge is 2.47. The third kappa shape index (κ3) is 26.6. The summed E-state index contributed by atoms with van der Waals surface area (Å²) in [6.07, 6.45) is 32.3. The molecule has 2 aliphatic rings. The number of carbonyl (C=O) groups is 1. The van der Waals surface area contributed by atoms with E-state index < -0.39 is 86.7 Å². The molecule has 7 N–H and O–H groups in total. The van der Waals surface area contributed by atoms with E-state index in [1.165, 1.54) is 38.5 Å². The molecule has 0 radical (unpaired) electrons. The smallest absolute Gasteiger partial charge is 0.306 e. The zero-order chi connectivity index (χ0) is 48.0. The lowest BCUT2D eigenvalue weighted by atomic mass is 9.98. The SMILES string of the molecule is CC/C=C\C/C=C\C/C=C\C/C=C\C/C=C\C/C=C\CCC(=O)OC(COCCCCCCCC/C=C\CCCCC)COC1OC(COC2OC(CO)C(O)C(O)C2O)C(O)C(O)C1O. The zero-order valence-electron chi connectivity index (χ0n) is 39.9. The number of hydrogen-bond acceptors (Lipinski definition) is 14. The fourth-order valence-corrected chi connectivity index (χ4v) is 7.13. The second kappa shape index (κ2) is 39.1. The van der Waals surface area contributed by atoms with E-state index in [4.69, 9.17) is 28.4 Å². The van der Waals surface area contributed by atoms with Gasteiger partial charge in [0.05, 0.1) is 26.4 Å². The van der Waals surface area contributed by atoms with Crippen LogP contribution in [0.5, 0.6) is 0 Å². The number of unbranched alkanes of at least 4 members (excludes halogenated alkanes) is 9. The van der Waals surface area contributed by atoms with E-state index in [0.717, 1.165) is 70.6 Å². The Morgan fingerprint density at radius 3 is 1.55 bits per heavy atom. The molecule has 14 heteroatoms. The van der Waals surface area contributed by atoms with Gasteiger partial charge in [-0.2, -0.15) is 0 Å². The number of aliphatic hydroxyl groups excluding tert-OH is 7. The van der Waals surface area contributed by atoms with E-state index >= 15 is 0 Å². The first-order chi connectivity index (χ1) is 32.1. The highest BCUT2D eigenvalue weighted by Crippen LogP contribution is 2.26. The van der Waals surface area contributed by atoms with Crippen LogP contribution in [0.2, 0.25) is 0 Å². The predicted molar refractivity (Wildman–Crippen MR) is 256 cm³/mol. The summed E-state index contributed by atoms with van der Waals surface area (Å²) < 4.78 is 34.1. The molecule has 66 heavy (non-hydrogen) atoms. The van der Waals surface area contributed by atoms with Crippen molar-refractivity contribution in [3.05, 3.63) is 85.1 Å². The van der Waals surface area contributed by atoms with E-state index in [1.807, 2.05) is 12.2 Å². The first-order valence-electron chi connectivity index (χ1n) is 24.7. The van der Waals surface area contributed by atoms with Crippen molar-refractivity contribution in [2.24, 2.45) is 0 Å². The van der Waals surface area contributed by atoms with Crippen LogP contribution in [-0.2, 0) is 33.2 Å². The average Bonchev–Trinajstić information content (AvgIpc) is 3.31. The summed E-state index contributed by atoms with van der Waals surface area (Å²) in [5.41, 5.74) is 0. The first kappa shape index (κ1) is 59.3. The van der Waals surface area contributed by atoms with Crippen LogP contribution in [0, 0.1) is 0 Å². The van der Waals surface area contributed by atoms with Crippen LogP contribution in [0.4, 0.5) is 0 Å². The van der Waals surface area contributed by atoms with Gasteiger partial charge in [0.2, 0.25) is 0 Å². The maximum Gasteiger partial charge on any atom is 0.306 e. The number of rotatable bonds is 37. The molecule has 0 saturated carbocycles. The standard InChI is InChI=1S/C52H86O14/c1-3-5-7-9-11-13-15-17-18-19-20-21-22-23-25-27-29-31-33-35-44(54)64-41(38-61-36-34-32-30-28-26-24-16-14-12-10-8-6-4-2)39-62-51-50(60)48(58)46(56)43(66-51)40-63-52-49(59)47(57)45(55)42(37-53)65-52/h5,7,11-14,17-18,20-21,23,25,29,31,41-43,45-53,55-60H,3-4,6,8-10,15-16,19,22,24,26-28,30,32-40H2,1-2H3/b7-5-,13-11-,14-12-,18-17-,21-20-,25-23-,31-29-. The van der Waals surface area contributed by atoms with Crippen molar-refractivity contribution in [3.63, 3.8) is 0 Å². The van der Waals surface area contributed by atoms with E-state index in [-0.39, 0.29) is 19.6 Å². The zero-order valence-corrected chi connectivity index (χ0v) is 39.9. The van der Waals surface area contributed by atoms with Crippen LogP contribution < -0.4 is 0 Å². The average molecular weight is 935 g/mol. The van der Waals surface area contributed by atoms with E-state index in [2.05, 4.69) is 86.8 Å². The van der Waals surface area contributed by atoms with Gasteiger partial charge in [0.15, 0.2) is 12.6 Å². The summed E-state index contributed by atoms with van der Waals surface area (Å²) in [5.74, 6) is -0.464. The van der Waals surface area contributed by atoms with Crippen molar-refractivity contribution in [1.29, 1.82) is 0 Å². The Balaban J connectivity index is 1.83. The minimum atomic E-state index is -1.72. The molecule has 2 fully saturated rings. The summed E-state index contributed by atoms with van der Waals surface area (Å²) in [6.45, 7) is 3.40. The maximum atomic E-state index is 13.0. The Hall–Kier alpha value is -2.83. The highest BCUT2D eigenvalue weighted by atomic mass is 16.7. The van der Waals surface area contributed by atoms with Crippen molar-refractivity contribution in [2.75, 3.05) is 33.0 Å². The number of aliphatic hydroxyl groups is 7. The van der Waals surface area contributed by atoms with Gasteiger partial charge in [0, 0.05) is 13.0 Å². The molecule has 0 bridgehead atoms. The van der Waals surface area contributed by atoms with Crippen molar-refractivity contribution < 1.29 is 69.0 Å². The van der Waals surface area contributed by atoms with Crippen LogP contribution >= 0.6 is 0 Å². The number of ether oxygens (including phenoxy) is 6. The Labute approximate surface area is 395 Å². The van der Waals surface area contributed by atoms with Crippen molar-refractivity contribution in [1.82, 2.24) is 0 Å². The minimum absolute atomic E-state index is 0.0217. The number of esters is 1. The van der Waals surface area contributed by atoms with E-state index in [0.29, 0.717) is 13.0 Å². The van der Waals surface area contributed by atoms with Crippen molar-refractivity contribution in [2.45, 2.75) is 203 Å². The Bertz CT molecular complexity index is 1410. The molecule has 2 aliphatic heterocycles. The molecule has 2 rings (SSSR count). The minimum Gasteiger partial charge on any atom is -0.457 e. The van der Waals surface area contributed by atoms with Crippen LogP contribution in [-0.4, -0.2) is 142 Å². The topological polar surface area (TPSA) is 214 Å². The van der Waals surface area contributed by atoms with Crippen LogP contribution in [0.15, 0.2) is 85.1 Å². The molecule has 0 aliphatic carbocycles. The van der Waals surface area contributed by atoms with E-state index in [1.54, 1.807) is 0 Å². The normalized spacial score (nSPS) is 27.0. The number of hydrogen-bond donors (Lipinski definition) is 7. The van der Waals surface area contributed by atoms with Gasteiger partial charge in [-0.05, 0) is 77.0 Å². The lowest BCUT2D eigenvalue weighted by Crippen LogP contribution is -2.61.